The van der Waals surface area contributed by atoms with Crippen LogP contribution in [0.15, 0.2) is 0 Å². The van der Waals surface area contributed by atoms with Crippen LogP contribution < -0.4 is 0 Å². The van der Waals surface area contributed by atoms with Crippen LogP contribution in [0.25, 0.3) is 0 Å². The zero-order valence-electron chi connectivity index (χ0n) is 4.79. The van der Waals surface area contributed by atoms with Crippen molar-refractivity contribution in [1.82, 2.24) is 4.90 Å². The molecule has 0 spiro atoms. The van der Waals surface area contributed by atoms with Gasteiger partial charge in [0, 0.05) is 13.1 Å². The molecule has 0 aliphatic heterocycles. The Hall–Kier alpha value is -0.730. The summed E-state index contributed by atoms with van der Waals surface area (Å²) in [5, 5.41) is 8.32. The van der Waals surface area contributed by atoms with Crippen molar-refractivity contribution >= 4 is 6.09 Å². The summed E-state index contributed by atoms with van der Waals surface area (Å²) < 4.78 is 0. The maximum atomic E-state index is 10.1. The van der Waals surface area contributed by atoms with Crippen molar-refractivity contribution < 1.29 is 9.90 Å². The topological polar surface area (TPSA) is 40.5 Å². The number of hydrogen-bond acceptors (Lipinski definition) is 1. The summed E-state index contributed by atoms with van der Waals surface area (Å²) in [4.78, 5) is 11.5. The molecule has 0 bridgehead atoms. The Balaban J connectivity index is 2.32. The van der Waals surface area contributed by atoms with Crippen molar-refractivity contribution in [3.8, 4) is 0 Å². The van der Waals surface area contributed by atoms with E-state index >= 15 is 0 Å². The molecule has 0 radical (unpaired) electrons. The molecule has 1 N–H and O–H groups in total. The molecule has 0 saturated heterocycles. The first-order valence-electron chi connectivity index (χ1n) is 2.67. The van der Waals surface area contributed by atoms with Crippen LogP contribution in [0.4, 0.5) is 4.79 Å². The number of carboxylic acid groups (broad SMARTS) is 1. The summed E-state index contributed by atoms with van der Waals surface area (Å²) in [7, 11) is 1.61. The van der Waals surface area contributed by atoms with Gasteiger partial charge in [0.1, 0.15) is 0 Å². The Morgan fingerprint density at radius 1 is 1.75 bits per heavy atom. The summed E-state index contributed by atoms with van der Waals surface area (Å²) >= 11 is 0. The Morgan fingerprint density at radius 2 is 2.25 bits per heavy atom. The quantitative estimate of drug-likeness (QED) is 0.548. The Kier molecular flexibility index (Phi) is 1.12. The zero-order valence-corrected chi connectivity index (χ0v) is 4.79. The Morgan fingerprint density at radius 3 is 2.38 bits per heavy atom. The first-order chi connectivity index (χ1) is 3.72. The van der Waals surface area contributed by atoms with Gasteiger partial charge in [-0.05, 0) is 12.8 Å². The van der Waals surface area contributed by atoms with Gasteiger partial charge in [-0.25, -0.2) is 4.79 Å². The summed E-state index contributed by atoms with van der Waals surface area (Å²) in [6, 6.07) is 0.326. The lowest BCUT2D eigenvalue weighted by molar-refractivity contribution is 0.153. The third-order valence-electron chi connectivity index (χ3n) is 1.40. The molecule has 1 aliphatic rings. The van der Waals surface area contributed by atoms with E-state index in [1.807, 2.05) is 0 Å². The van der Waals surface area contributed by atoms with E-state index in [9.17, 15) is 4.79 Å². The molecular formula is C5H9NO2. The van der Waals surface area contributed by atoms with Gasteiger partial charge in [0.15, 0.2) is 0 Å². The van der Waals surface area contributed by atoms with Crippen LogP contribution in [-0.4, -0.2) is 29.2 Å². The summed E-state index contributed by atoms with van der Waals surface area (Å²) in [6.45, 7) is 0. The normalized spacial score (nSPS) is 18.1. The van der Waals surface area contributed by atoms with Gasteiger partial charge in [-0.3, -0.25) is 0 Å². The van der Waals surface area contributed by atoms with Crippen molar-refractivity contribution in [1.29, 1.82) is 0 Å². The SMILES string of the molecule is CN(C(=O)O)C1CC1. The van der Waals surface area contributed by atoms with Crippen LogP contribution >= 0.6 is 0 Å². The largest absolute Gasteiger partial charge is 0.465 e. The minimum atomic E-state index is -0.813. The monoisotopic (exact) mass is 115 g/mol. The Labute approximate surface area is 47.9 Å². The molecule has 1 rings (SSSR count). The fraction of sp³-hybridized carbons (Fsp3) is 0.800. The van der Waals surface area contributed by atoms with Gasteiger partial charge in [-0.1, -0.05) is 0 Å². The van der Waals surface area contributed by atoms with Crippen molar-refractivity contribution in [2.45, 2.75) is 18.9 Å². The standard InChI is InChI=1S/C5H9NO2/c1-6(5(7)8)4-2-3-4/h4H,2-3H2,1H3,(H,7,8). The smallest absolute Gasteiger partial charge is 0.407 e. The van der Waals surface area contributed by atoms with E-state index < -0.39 is 6.09 Å². The molecule has 0 unspecified atom stereocenters. The van der Waals surface area contributed by atoms with Crippen molar-refractivity contribution in [2.75, 3.05) is 7.05 Å². The molecule has 1 amide bonds. The number of carbonyl (C=O) groups is 1. The predicted octanol–water partition coefficient (Wildman–Crippen LogP) is 0.759. The van der Waals surface area contributed by atoms with E-state index in [1.165, 1.54) is 4.90 Å². The number of nitrogens with zero attached hydrogens (tertiary/aromatic N) is 1. The molecule has 0 atom stereocenters. The fourth-order valence-corrected chi connectivity index (χ4v) is 0.618. The molecule has 3 heteroatoms. The van der Waals surface area contributed by atoms with Crippen molar-refractivity contribution in [2.24, 2.45) is 0 Å². The van der Waals surface area contributed by atoms with E-state index in [4.69, 9.17) is 5.11 Å². The highest BCUT2D eigenvalue weighted by Gasteiger charge is 2.28. The second-order valence-electron chi connectivity index (χ2n) is 2.12. The number of amides is 1. The zero-order chi connectivity index (χ0) is 6.15. The average Bonchev–Trinajstić information content (AvgIpc) is 2.43. The minimum absolute atomic E-state index is 0.326. The average molecular weight is 115 g/mol. The minimum Gasteiger partial charge on any atom is -0.465 e. The van der Waals surface area contributed by atoms with E-state index in [0.717, 1.165) is 12.8 Å². The van der Waals surface area contributed by atoms with Gasteiger partial charge in [-0.15, -0.1) is 0 Å². The van der Waals surface area contributed by atoms with Crippen LogP contribution in [0.5, 0.6) is 0 Å². The lowest BCUT2D eigenvalue weighted by Crippen LogP contribution is -2.26. The van der Waals surface area contributed by atoms with Crippen LogP contribution in [0.3, 0.4) is 0 Å². The van der Waals surface area contributed by atoms with E-state index in [2.05, 4.69) is 0 Å². The first kappa shape index (κ1) is 5.41. The number of hydrogen-bond donors (Lipinski definition) is 1. The maximum absolute atomic E-state index is 10.1. The molecular weight excluding hydrogens is 106 g/mol. The summed E-state index contributed by atoms with van der Waals surface area (Å²) in [5.74, 6) is 0. The second-order valence-corrected chi connectivity index (χ2v) is 2.12. The first-order valence-corrected chi connectivity index (χ1v) is 2.67. The highest BCUT2D eigenvalue weighted by atomic mass is 16.4. The number of rotatable bonds is 1. The van der Waals surface area contributed by atoms with Crippen LogP contribution in [0.2, 0.25) is 0 Å². The predicted molar refractivity (Wildman–Crippen MR) is 28.8 cm³/mol. The van der Waals surface area contributed by atoms with Crippen LogP contribution in [0, 0.1) is 0 Å². The van der Waals surface area contributed by atoms with E-state index in [-0.39, 0.29) is 0 Å². The van der Waals surface area contributed by atoms with Gasteiger partial charge in [-0.2, -0.15) is 0 Å². The molecule has 0 aromatic carbocycles. The van der Waals surface area contributed by atoms with Gasteiger partial charge >= 0.3 is 6.09 Å². The van der Waals surface area contributed by atoms with E-state index in [0.29, 0.717) is 6.04 Å². The van der Waals surface area contributed by atoms with Gasteiger partial charge in [0.25, 0.3) is 0 Å². The molecule has 1 fully saturated rings. The third-order valence-corrected chi connectivity index (χ3v) is 1.40. The lowest BCUT2D eigenvalue weighted by Gasteiger charge is -2.09. The summed E-state index contributed by atoms with van der Waals surface area (Å²) in [6.07, 6.45) is 1.28. The Bertz CT molecular complexity index is 109. The van der Waals surface area contributed by atoms with Gasteiger partial charge in [0.05, 0.1) is 0 Å². The molecule has 3 nitrogen and oxygen atoms in total. The molecule has 8 heavy (non-hydrogen) atoms. The van der Waals surface area contributed by atoms with Crippen LogP contribution in [-0.2, 0) is 0 Å². The van der Waals surface area contributed by atoms with E-state index in [1.54, 1.807) is 7.05 Å². The molecule has 46 valence electrons. The van der Waals surface area contributed by atoms with Gasteiger partial charge < -0.3 is 10.0 Å². The van der Waals surface area contributed by atoms with Crippen molar-refractivity contribution in [3.05, 3.63) is 0 Å². The lowest BCUT2D eigenvalue weighted by atomic mass is 10.6. The van der Waals surface area contributed by atoms with Crippen LogP contribution in [0.1, 0.15) is 12.8 Å². The third kappa shape index (κ3) is 0.911. The van der Waals surface area contributed by atoms with Crippen molar-refractivity contribution in [3.63, 3.8) is 0 Å². The molecule has 1 saturated carbocycles. The van der Waals surface area contributed by atoms with Gasteiger partial charge in [0.2, 0.25) is 0 Å². The fourth-order valence-electron chi connectivity index (χ4n) is 0.618. The molecule has 0 aromatic heterocycles. The molecule has 1 aliphatic carbocycles. The maximum Gasteiger partial charge on any atom is 0.407 e. The second kappa shape index (κ2) is 1.65. The molecule has 0 aromatic rings. The summed E-state index contributed by atoms with van der Waals surface area (Å²) in [5.41, 5.74) is 0. The molecule has 0 heterocycles. The highest BCUT2D eigenvalue weighted by molar-refractivity contribution is 5.65. The highest BCUT2D eigenvalue weighted by Crippen LogP contribution is 2.24.